The molecule has 1 fully saturated rings. The van der Waals surface area contributed by atoms with Crippen LogP contribution >= 0.6 is 0 Å². The Balaban J connectivity index is 1.83. The minimum atomic E-state index is 0.474. The predicted molar refractivity (Wildman–Crippen MR) is 81.9 cm³/mol. The first-order chi connectivity index (χ1) is 9.33. The number of allylic oxidation sites excluding steroid dienone is 1. The zero-order chi connectivity index (χ0) is 13.5. The van der Waals surface area contributed by atoms with Crippen LogP contribution in [-0.2, 0) is 0 Å². The van der Waals surface area contributed by atoms with Crippen LogP contribution in [-0.4, -0.2) is 18.8 Å². The zero-order valence-corrected chi connectivity index (χ0v) is 11.3. The molecule has 19 heavy (non-hydrogen) atoms. The summed E-state index contributed by atoms with van der Waals surface area (Å²) in [6.07, 6.45) is 8.33. The van der Waals surface area contributed by atoms with Gasteiger partial charge >= 0.3 is 0 Å². The summed E-state index contributed by atoms with van der Waals surface area (Å²) in [7, 11) is 0. The highest BCUT2D eigenvalue weighted by atomic mass is 14.8. The maximum Gasteiger partial charge on any atom is 0.0505 e. The normalized spacial score (nSPS) is 23.5. The fourth-order valence-electron chi connectivity index (χ4n) is 2.49. The number of nitrogens with zero attached hydrogens (tertiary/aromatic N) is 1. The highest BCUT2D eigenvalue weighted by molar-refractivity contribution is 6.09. The van der Waals surface area contributed by atoms with Crippen LogP contribution < -0.4 is 11.5 Å². The minimum absolute atomic E-state index is 0.474. The maximum absolute atomic E-state index is 5.68. The van der Waals surface area contributed by atoms with E-state index in [4.69, 9.17) is 11.5 Å². The average molecular weight is 257 g/mol. The van der Waals surface area contributed by atoms with E-state index in [1.807, 2.05) is 24.4 Å². The fourth-order valence-corrected chi connectivity index (χ4v) is 2.49. The molecule has 0 bridgehead atoms. The molecule has 1 saturated carbocycles. The molecule has 0 radical (unpaired) electrons. The molecule has 0 atom stereocenters. The van der Waals surface area contributed by atoms with Gasteiger partial charge in [-0.15, -0.1) is 0 Å². The van der Waals surface area contributed by atoms with Crippen molar-refractivity contribution in [3.05, 3.63) is 42.1 Å². The lowest BCUT2D eigenvalue weighted by atomic mass is 9.78. The van der Waals surface area contributed by atoms with Gasteiger partial charge in [0.15, 0.2) is 0 Å². The van der Waals surface area contributed by atoms with Crippen molar-refractivity contribution in [2.24, 2.45) is 22.4 Å². The molecule has 3 nitrogen and oxygen atoms in total. The number of aliphatic imine (C=N–C) groups is 1. The second kappa shape index (κ2) is 7.10. The van der Waals surface area contributed by atoms with Crippen molar-refractivity contribution in [3.8, 4) is 0 Å². The van der Waals surface area contributed by atoms with E-state index < -0.39 is 0 Å². The van der Waals surface area contributed by atoms with Gasteiger partial charge in [0.25, 0.3) is 0 Å². The Labute approximate surface area is 115 Å². The van der Waals surface area contributed by atoms with Gasteiger partial charge in [0, 0.05) is 18.0 Å². The molecule has 0 amide bonds. The molecule has 4 N–H and O–H groups in total. The second-order valence-corrected chi connectivity index (χ2v) is 5.19. The first-order valence-corrected chi connectivity index (χ1v) is 7.04. The monoisotopic (exact) mass is 257 g/mol. The number of rotatable bonds is 6. The van der Waals surface area contributed by atoms with Crippen LogP contribution in [0.25, 0.3) is 5.57 Å². The van der Waals surface area contributed by atoms with Gasteiger partial charge in [-0.1, -0.05) is 30.3 Å². The Morgan fingerprint density at radius 1 is 1.26 bits per heavy atom. The summed E-state index contributed by atoms with van der Waals surface area (Å²) in [4.78, 5) is 4.63. The van der Waals surface area contributed by atoms with Crippen molar-refractivity contribution in [1.29, 1.82) is 0 Å². The van der Waals surface area contributed by atoms with E-state index in [1.54, 1.807) is 6.20 Å². The van der Waals surface area contributed by atoms with Gasteiger partial charge in [-0.25, -0.2) is 0 Å². The number of benzene rings is 1. The molecule has 2 rings (SSSR count). The van der Waals surface area contributed by atoms with Gasteiger partial charge in [0.1, 0.15) is 0 Å². The second-order valence-electron chi connectivity index (χ2n) is 5.19. The van der Waals surface area contributed by atoms with Crippen molar-refractivity contribution >= 4 is 11.8 Å². The van der Waals surface area contributed by atoms with E-state index in [2.05, 4.69) is 17.1 Å². The van der Waals surface area contributed by atoms with Crippen molar-refractivity contribution in [2.75, 3.05) is 6.54 Å². The highest BCUT2D eigenvalue weighted by Crippen LogP contribution is 2.33. The van der Waals surface area contributed by atoms with Crippen LogP contribution in [0.1, 0.15) is 31.2 Å². The summed E-state index contributed by atoms with van der Waals surface area (Å²) in [5, 5.41) is 0. The Morgan fingerprint density at radius 3 is 2.63 bits per heavy atom. The van der Waals surface area contributed by atoms with Crippen LogP contribution in [0.5, 0.6) is 0 Å². The minimum Gasteiger partial charge on any atom is -0.404 e. The summed E-state index contributed by atoms with van der Waals surface area (Å²) in [6, 6.07) is 10.6. The molecular weight excluding hydrogens is 234 g/mol. The van der Waals surface area contributed by atoms with Gasteiger partial charge in [0.2, 0.25) is 0 Å². The van der Waals surface area contributed by atoms with Gasteiger partial charge in [-0.2, -0.15) is 0 Å². The van der Waals surface area contributed by atoms with Crippen LogP contribution in [0.2, 0.25) is 0 Å². The van der Waals surface area contributed by atoms with Crippen LogP contribution in [0.4, 0.5) is 0 Å². The van der Waals surface area contributed by atoms with E-state index in [1.165, 1.54) is 19.3 Å². The molecule has 0 spiro atoms. The first kappa shape index (κ1) is 13.8. The summed E-state index contributed by atoms with van der Waals surface area (Å²) >= 11 is 0. The van der Waals surface area contributed by atoms with E-state index in [0.29, 0.717) is 6.04 Å². The quantitative estimate of drug-likeness (QED) is 0.769. The molecular formula is C16H23N3. The third-order valence-corrected chi connectivity index (χ3v) is 3.74. The van der Waals surface area contributed by atoms with Crippen LogP contribution in [0.15, 0.2) is 41.5 Å². The van der Waals surface area contributed by atoms with Gasteiger partial charge in [-0.3, -0.25) is 4.99 Å². The fraction of sp³-hybridized carbons (Fsp3) is 0.438. The molecule has 1 aromatic carbocycles. The van der Waals surface area contributed by atoms with Crippen molar-refractivity contribution in [3.63, 3.8) is 0 Å². The summed E-state index contributed by atoms with van der Waals surface area (Å²) < 4.78 is 0. The molecule has 1 aliphatic rings. The Bertz CT molecular complexity index is 431. The van der Waals surface area contributed by atoms with Crippen molar-refractivity contribution in [1.82, 2.24) is 0 Å². The number of hydrogen-bond donors (Lipinski definition) is 2. The molecule has 0 aliphatic heterocycles. The molecule has 0 heterocycles. The van der Waals surface area contributed by atoms with Crippen LogP contribution in [0.3, 0.4) is 0 Å². The van der Waals surface area contributed by atoms with E-state index in [-0.39, 0.29) is 0 Å². The summed E-state index contributed by atoms with van der Waals surface area (Å²) in [5.74, 6) is 0.827. The lowest BCUT2D eigenvalue weighted by molar-refractivity contribution is 0.249. The smallest absolute Gasteiger partial charge is 0.0505 e. The maximum atomic E-state index is 5.68. The molecule has 0 unspecified atom stereocenters. The van der Waals surface area contributed by atoms with Crippen molar-refractivity contribution in [2.45, 2.75) is 31.7 Å². The van der Waals surface area contributed by atoms with Gasteiger partial charge in [0.05, 0.1) is 6.04 Å². The number of hydrogen-bond acceptors (Lipinski definition) is 3. The van der Waals surface area contributed by atoms with Crippen LogP contribution in [0, 0.1) is 5.92 Å². The third-order valence-electron chi connectivity index (χ3n) is 3.74. The molecule has 1 aromatic rings. The first-order valence-electron chi connectivity index (χ1n) is 7.04. The molecule has 0 aromatic heterocycles. The molecule has 0 saturated heterocycles. The highest BCUT2D eigenvalue weighted by Gasteiger charge is 2.27. The SMILES string of the molecule is NC=C(C=NC1CC(CCCN)C1)c1ccccc1. The lowest BCUT2D eigenvalue weighted by Crippen LogP contribution is -2.27. The lowest BCUT2D eigenvalue weighted by Gasteiger charge is -2.32. The Morgan fingerprint density at radius 2 is 2.00 bits per heavy atom. The summed E-state index contributed by atoms with van der Waals surface area (Å²) in [6.45, 7) is 0.804. The average Bonchev–Trinajstić information content (AvgIpc) is 2.41. The van der Waals surface area contributed by atoms with Crippen molar-refractivity contribution < 1.29 is 0 Å². The topological polar surface area (TPSA) is 64.4 Å². The van der Waals surface area contributed by atoms with Gasteiger partial charge < -0.3 is 11.5 Å². The standard InChI is InChI=1S/C16H23N3/c17-8-4-5-13-9-16(10-13)19-12-15(11-18)14-6-2-1-3-7-14/h1-3,6-7,11-13,16H,4-5,8-10,17-18H2. The van der Waals surface area contributed by atoms with E-state index >= 15 is 0 Å². The largest absolute Gasteiger partial charge is 0.404 e. The van der Waals surface area contributed by atoms with Gasteiger partial charge in [-0.05, 0) is 43.7 Å². The predicted octanol–water partition coefficient (Wildman–Crippen LogP) is 2.57. The molecule has 3 heteroatoms. The Hall–Kier alpha value is -1.61. The molecule has 102 valence electrons. The van der Waals surface area contributed by atoms with E-state index in [9.17, 15) is 0 Å². The summed E-state index contributed by atoms with van der Waals surface area (Å²) in [5.41, 5.74) is 13.3. The third kappa shape index (κ3) is 3.93. The molecule has 1 aliphatic carbocycles. The zero-order valence-electron chi connectivity index (χ0n) is 11.3. The Kier molecular flexibility index (Phi) is 5.16. The van der Waals surface area contributed by atoms with E-state index in [0.717, 1.165) is 30.0 Å². The number of nitrogens with two attached hydrogens (primary N) is 2.